The number of nitrogens with one attached hydrogen (secondary N) is 1. The van der Waals surface area contributed by atoms with Gasteiger partial charge in [0, 0.05) is 7.11 Å². The van der Waals surface area contributed by atoms with Gasteiger partial charge in [-0.1, -0.05) is 0 Å². The van der Waals surface area contributed by atoms with Gasteiger partial charge in [0.05, 0.1) is 25.9 Å². The molecule has 10 atom stereocenters. The standard InChI is InChI=1S/C21H25FN10O12P2/c1-38-13-8-3-40-45(34,35)43-12-7(41-19(9(12)22)31-5-27-10-15(23)25-4-26-16(10)31)2-39-46(36,37)44-14(13)20(42-8)32-6-28-11-17(32)29-21(24)30-18(11)33/h4-9,12-14,19-20H,2-3H2,1H3,(H,34,35)(H,36,37)(H2,23,25,26)(H3,24,29,30,33)/p-2. The lowest BCUT2D eigenvalue weighted by Crippen LogP contribution is -2.38. The predicted molar refractivity (Wildman–Crippen MR) is 143 cm³/mol. The number of hydrogen-bond acceptors (Lipinski definition) is 19. The van der Waals surface area contributed by atoms with E-state index in [1.807, 2.05) is 0 Å². The Hall–Kier alpha value is -3.47. The van der Waals surface area contributed by atoms with E-state index in [9.17, 15) is 23.7 Å². The molecule has 0 amide bonds. The summed E-state index contributed by atoms with van der Waals surface area (Å²) >= 11 is 0. The highest BCUT2D eigenvalue weighted by Crippen LogP contribution is 2.51. The van der Waals surface area contributed by atoms with Gasteiger partial charge < -0.3 is 53.6 Å². The number of ether oxygens (including phenoxy) is 3. The summed E-state index contributed by atoms with van der Waals surface area (Å²) in [4.78, 5) is 60.7. The number of fused-ring (bicyclic) bond motifs is 5. The van der Waals surface area contributed by atoms with E-state index >= 15 is 4.39 Å². The fourth-order valence-corrected chi connectivity index (χ4v) is 7.37. The monoisotopic (exact) mass is 688 g/mol. The quantitative estimate of drug-likeness (QED) is 0.196. The molecule has 3 aliphatic heterocycles. The minimum atomic E-state index is -5.37. The molecule has 4 aromatic rings. The first-order valence-corrected chi connectivity index (χ1v) is 16.2. The average Bonchev–Trinajstić information content (AvgIpc) is 3.75. The van der Waals surface area contributed by atoms with Gasteiger partial charge in [-0.05, 0) is 0 Å². The number of halogens is 1. The van der Waals surface area contributed by atoms with Crippen molar-refractivity contribution in [3.05, 3.63) is 29.3 Å². The Morgan fingerprint density at radius 2 is 1.57 bits per heavy atom. The topological polar surface area (TPSA) is 304 Å². The zero-order chi connectivity index (χ0) is 32.5. The third kappa shape index (κ3) is 5.38. The Kier molecular flexibility index (Phi) is 7.68. The lowest BCUT2D eigenvalue weighted by Gasteiger charge is -2.32. The first-order valence-electron chi connectivity index (χ1n) is 13.3. The van der Waals surface area contributed by atoms with E-state index in [2.05, 4.69) is 29.9 Å². The van der Waals surface area contributed by atoms with Crippen LogP contribution in [-0.2, 0) is 41.4 Å². The highest BCUT2D eigenvalue weighted by Gasteiger charge is 2.52. The molecule has 248 valence electrons. The van der Waals surface area contributed by atoms with Crippen molar-refractivity contribution in [3.8, 4) is 0 Å². The van der Waals surface area contributed by atoms with Crippen LogP contribution in [-0.4, -0.2) is 96.1 Å². The Labute approximate surface area is 254 Å². The Morgan fingerprint density at radius 3 is 2.28 bits per heavy atom. The van der Waals surface area contributed by atoms with Crippen molar-refractivity contribution in [2.45, 2.75) is 49.1 Å². The highest BCUT2D eigenvalue weighted by atomic mass is 31.2. The molecule has 46 heavy (non-hydrogen) atoms. The number of hydrogen-bond donors (Lipinski definition) is 3. The fraction of sp³-hybridized carbons (Fsp3) is 0.524. The van der Waals surface area contributed by atoms with Gasteiger partial charge >= 0.3 is 0 Å². The number of aromatic nitrogens is 8. The van der Waals surface area contributed by atoms with E-state index in [1.54, 1.807) is 0 Å². The number of rotatable bonds is 3. The summed E-state index contributed by atoms with van der Waals surface area (Å²) in [5.74, 6) is -0.294. The van der Waals surface area contributed by atoms with E-state index in [4.69, 9.17) is 43.8 Å². The molecule has 2 bridgehead atoms. The molecule has 4 aromatic heterocycles. The van der Waals surface area contributed by atoms with Gasteiger partial charge in [0.1, 0.15) is 42.4 Å². The van der Waals surface area contributed by atoms with Crippen molar-refractivity contribution in [1.82, 2.24) is 39.0 Å². The number of phosphoric ester groups is 2. The normalized spacial score (nSPS) is 37.1. The molecule has 3 fully saturated rings. The fourth-order valence-electron chi connectivity index (χ4n) is 5.52. The van der Waals surface area contributed by atoms with Gasteiger partial charge in [-0.2, -0.15) is 4.98 Å². The first-order chi connectivity index (χ1) is 21.9. The molecule has 0 aliphatic carbocycles. The summed E-state index contributed by atoms with van der Waals surface area (Å²) in [5.41, 5.74) is 10.7. The summed E-state index contributed by atoms with van der Waals surface area (Å²) in [6.45, 7) is -1.77. The van der Waals surface area contributed by atoms with Gasteiger partial charge in [-0.15, -0.1) is 0 Å². The molecular formula is C21H23FN10O12P2-2. The molecule has 25 heteroatoms. The second kappa shape index (κ2) is 11.3. The molecule has 7 rings (SSSR count). The molecule has 5 N–H and O–H groups in total. The maximum Gasteiger partial charge on any atom is 0.280 e. The van der Waals surface area contributed by atoms with E-state index in [0.29, 0.717) is 0 Å². The number of aromatic amines is 1. The van der Waals surface area contributed by atoms with Crippen LogP contribution in [0.3, 0.4) is 0 Å². The lowest BCUT2D eigenvalue weighted by atomic mass is 10.1. The van der Waals surface area contributed by atoms with Crippen molar-refractivity contribution in [1.29, 1.82) is 0 Å². The van der Waals surface area contributed by atoms with Crippen LogP contribution in [0, 0.1) is 0 Å². The third-order valence-corrected chi connectivity index (χ3v) is 9.44. The van der Waals surface area contributed by atoms with Crippen molar-refractivity contribution in [2.24, 2.45) is 0 Å². The van der Waals surface area contributed by atoms with E-state index < -0.39 is 83.6 Å². The smallest absolute Gasteiger partial charge is 0.280 e. The average molecular weight is 688 g/mol. The highest BCUT2D eigenvalue weighted by molar-refractivity contribution is 7.46. The zero-order valence-electron chi connectivity index (χ0n) is 23.2. The Morgan fingerprint density at radius 1 is 0.935 bits per heavy atom. The number of anilines is 2. The zero-order valence-corrected chi connectivity index (χ0v) is 25.0. The van der Waals surface area contributed by atoms with Crippen LogP contribution < -0.4 is 26.8 Å². The largest absolute Gasteiger partial charge is 0.756 e. The minimum Gasteiger partial charge on any atom is -0.756 e. The van der Waals surface area contributed by atoms with Crippen LogP contribution >= 0.6 is 15.6 Å². The molecular weight excluding hydrogens is 665 g/mol. The molecule has 10 unspecified atom stereocenters. The molecule has 0 spiro atoms. The lowest BCUT2D eigenvalue weighted by molar-refractivity contribution is -0.240. The number of nitrogen functional groups attached to an aromatic ring is 2. The van der Waals surface area contributed by atoms with Crippen LogP contribution in [0.25, 0.3) is 22.3 Å². The van der Waals surface area contributed by atoms with Crippen LogP contribution in [0.4, 0.5) is 16.2 Å². The maximum absolute atomic E-state index is 15.9. The van der Waals surface area contributed by atoms with Gasteiger partial charge in [0.2, 0.25) is 5.95 Å². The second-order valence-corrected chi connectivity index (χ2v) is 13.0. The summed E-state index contributed by atoms with van der Waals surface area (Å²) in [6, 6.07) is 0. The molecule has 0 aromatic carbocycles. The van der Waals surface area contributed by atoms with Gasteiger partial charge in [0.15, 0.2) is 41.3 Å². The third-order valence-electron chi connectivity index (χ3n) is 7.51. The molecule has 0 radical (unpaired) electrons. The second-order valence-electron chi connectivity index (χ2n) is 10.3. The molecule has 7 heterocycles. The van der Waals surface area contributed by atoms with Crippen molar-refractivity contribution in [2.75, 3.05) is 31.8 Å². The molecule has 0 saturated carbocycles. The summed E-state index contributed by atoms with van der Waals surface area (Å²) < 4.78 is 82.0. The van der Waals surface area contributed by atoms with E-state index in [1.165, 1.54) is 7.11 Å². The van der Waals surface area contributed by atoms with Crippen molar-refractivity contribution < 1.29 is 55.6 Å². The minimum absolute atomic E-state index is 0.0135. The Bertz CT molecular complexity index is 1960. The number of H-pyrrole nitrogens is 1. The maximum atomic E-state index is 15.9. The first kappa shape index (κ1) is 31.1. The Balaban J connectivity index is 1.22. The number of alkyl halides is 1. The van der Waals surface area contributed by atoms with Crippen LogP contribution in [0.5, 0.6) is 0 Å². The van der Waals surface area contributed by atoms with Gasteiger partial charge in [0.25, 0.3) is 21.2 Å². The summed E-state index contributed by atoms with van der Waals surface area (Å²) in [6.07, 6.45) is -9.79. The van der Waals surface area contributed by atoms with Crippen molar-refractivity contribution in [3.63, 3.8) is 0 Å². The summed E-state index contributed by atoms with van der Waals surface area (Å²) in [7, 11) is -9.54. The van der Waals surface area contributed by atoms with Gasteiger partial charge in [-0.3, -0.25) is 28.0 Å². The molecule has 3 aliphatic rings. The van der Waals surface area contributed by atoms with Crippen LogP contribution in [0.2, 0.25) is 0 Å². The number of phosphoric acid groups is 2. The van der Waals surface area contributed by atoms with E-state index in [-0.39, 0.29) is 34.1 Å². The number of nitrogens with two attached hydrogens (primary N) is 2. The molecule has 3 saturated heterocycles. The number of methoxy groups -OCH3 is 1. The van der Waals surface area contributed by atoms with Gasteiger partial charge in [-0.25, -0.2) is 24.3 Å². The molecule has 22 nitrogen and oxygen atoms in total. The summed E-state index contributed by atoms with van der Waals surface area (Å²) in [5, 5.41) is 0. The van der Waals surface area contributed by atoms with Crippen molar-refractivity contribution >= 4 is 49.7 Å². The number of nitrogens with zero attached hydrogens (tertiary/aromatic N) is 7. The van der Waals surface area contributed by atoms with Crippen LogP contribution in [0.15, 0.2) is 23.8 Å². The SMILES string of the molecule is COC1C2COP(=O)([O-])OC3C(COP(=O)([O-])OC1C(n1cnc4c(=O)[nH]c(N)nc41)O2)OC(n1cnc2c(N)ncnc21)C3F. The van der Waals surface area contributed by atoms with E-state index in [0.717, 1.165) is 28.1 Å². The predicted octanol–water partition coefficient (Wildman–Crippen LogP) is -1.97. The number of imidazole rings is 2. The van der Waals surface area contributed by atoms with Crippen LogP contribution in [0.1, 0.15) is 12.5 Å².